The molecule has 0 unspecified atom stereocenters. The molecule has 0 bridgehead atoms. The molecule has 4 nitrogen and oxygen atoms in total. The number of rotatable bonds is 9. The van der Waals surface area contributed by atoms with Crippen LogP contribution in [-0.2, 0) is 6.54 Å². The summed E-state index contributed by atoms with van der Waals surface area (Å²) in [7, 11) is 0. The molecule has 0 fully saturated rings. The highest BCUT2D eigenvalue weighted by Crippen LogP contribution is 2.26. The van der Waals surface area contributed by atoms with Crippen LogP contribution in [0, 0.1) is 16.7 Å². The molecular formula is C17H26N2O2. The maximum Gasteiger partial charge on any atom is 0.127 e. The number of ether oxygens (including phenoxy) is 2. The molecule has 0 aromatic heterocycles. The molecule has 0 aliphatic rings. The Morgan fingerprint density at radius 2 is 2.00 bits per heavy atom. The minimum Gasteiger partial charge on any atom is -0.493 e. The van der Waals surface area contributed by atoms with Crippen molar-refractivity contribution in [2.75, 3.05) is 13.2 Å². The molecule has 0 saturated carbocycles. The highest BCUT2D eigenvalue weighted by Gasteiger charge is 2.16. The lowest BCUT2D eigenvalue weighted by Gasteiger charge is -2.16. The highest BCUT2D eigenvalue weighted by molar-refractivity contribution is 5.40. The van der Waals surface area contributed by atoms with Gasteiger partial charge in [0.25, 0.3) is 0 Å². The van der Waals surface area contributed by atoms with E-state index in [1.54, 1.807) is 0 Å². The first-order valence-corrected chi connectivity index (χ1v) is 7.52. The number of nitriles is 1. The number of hydrogen-bond acceptors (Lipinski definition) is 4. The molecule has 0 aliphatic carbocycles. The molecule has 1 rings (SSSR count). The third kappa shape index (κ3) is 6.05. The zero-order chi connectivity index (χ0) is 15.7. The average Bonchev–Trinajstić information content (AvgIpc) is 2.49. The number of nitrogens with zero attached hydrogens (tertiary/aromatic N) is 1. The number of nitrogens with two attached hydrogens (primary N) is 1. The molecule has 0 heterocycles. The zero-order valence-corrected chi connectivity index (χ0v) is 13.3. The van der Waals surface area contributed by atoms with Crippen molar-refractivity contribution in [3.05, 3.63) is 23.8 Å². The minimum absolute atomic E-state index is 0.299. The van der Waals surface area contributed by atoms with Gasteiger partial charge in [-0.3, -0.25) is 0 Å². The second-order valence-electron chi connectivity index (χ2n) is 5.77. The minimum atomic E-state index is -0.299. The first kappa shape index (κ1) is 17.3. The monoisotopic (exact) mass is 290 g/mol. The van der Waals surface area contributed by atoms with E-state index in [1.165, 1.54) is 0 Å². The average molecular weight is 290 g/mol. The Balaban J connectivity index is 2.58. The van der Waals surface area contributed by atoms with Gasteiger partial charge in [-0.2, -0.15) is 5.26 Å². The SMILES string of the molecule is CCCOc1ccc(CN)c(OCCCC(C)(C)C#N)c1. The number of hydrogen-bond donors (Lipinski definition) is 1. The summed E-state index contributed by atoms with van der Waals surface area (Å²) >= 11 is 0. The Bertz CT molecular complexity index is 478. The quantitative estimate of drug-likeness (QED) is 0.705. The van der Waals surface area contributed by atoms with E-state index in [9.17, 15) is 0 Å². The summed E-state index contributed by atoms with van der Waals surface area (Å²) in [6.45, 7) is 7.66. The van der Waals surface area contributed by atoms with Crippen LogP contribution in [-0.4, -0.2) is 13.2 Å². The van der Waals surface area contributed by atoms with Gasteiger partial charge >= 0.3 is 0 Å². The smallest absolute Gasteiger partial charge is 0.127 e. The molecule has 1 aromatic carbocycles. The molecule has 116 valence electrons. The molecule has 0 aliphatic heterocycles. The lowest BCUT2D eigenvalue weighted by Crippen LogP contribution is -2.11. The summed E-state index contributed by atoms with van der Waals surface area (Å²) in [5.74, 6) is 1.59. The van der Waals surface area contributed by atoms with E-state index in [0.717, 1.165) is 36.3 Å². The van der Waals surface area contributed by atoms with Gasteiger partial charge < -0.3 is 15.2 Å². The van der Waals surface area contributed by atoms with Gasteiger partial charge in [-0.15, -0.1) is 0 Å². The molecular weight excluding hydrogens is 264 g/mol. The zero-order valence-electron chi connectivity index (χ0n) is 13.3. The molecule has 0 radical (unpaired) electrons. The molecule has 0 atom stereocenters. The van der Waals surface area contributed by atoms with E-state index in [0.29, 0.717) is 19.8 Å². The van der Waals surface area contributed by atoms with Crippen LogP contribution in [0.2, 0.25) is 0 Å². The van der Waals surface area contributed by atoms with Crippen molar-refractivity contribution in [1.82, 2.24) is 0 Å². The summed E-state index contributed by atoms with van der Waals surface area (Å²) in [6.07, 6.45) is 2.62. The Kier molecular flexibility index (Phi) is 7.04. The van der Waals surface area contributed by atoms with Gasteiger partial charge in [0, 0.05) is 18.2 Å². The fourth-order valence-electron chi connectivity index (χ4n) is 1.90. The molecule has 4 heteroatoms. The van der Waals surface area contributed by atoms with E-state index in [-0.39, 0.29) is 5.41 Å². The van der Waals surface area contributed by atoms with Crippen molar-refractivity contribution >= 4 is 0 Å². The van der Waals surface area contributed by atoms with Crippen molar-refractivity contribution in [3.63, 3.8) is 0 Å². The summed E-state index contributed by atoms with van der Waals surface area (Å²) in [5, 5.41) is 8.99. The van der Waals surface area contributed by atoms with Crippen LogP contribution in [0.4, 0.5) is 0 Å². The second-order valence-corrected chi connectivity index (χ2v) is 5.77. The summed E-state index contributed by atoms with van der Waals surface area (Å²) in [5.41, 5.74) is 6.40. The molecule has 1 aromatic rings. The fourth-order valence-corrected chi connectivity index (χ4v) is 1.90. The third-order valence-electron chi connectivity index (χ3n) is 3.24. The Morgan fingerprint density at radius 1 is 1.24 bits per heavy atom. The van der Waals surface area contributed by atoms with Crippen molar-refractivity contribution in [3.8, 4) is 17.6 Å². The summed E-state index contributed by atoms with van der Waals surface area (Å²) < 4.78 is 11.4. The van der Waals surface area contributed by atoms with E-state index in [1.807, 2.05) is 32.0 Å². The largest absolute Gasteiger partial charge is 0.493 e. The molecule has 21 heavy (non-hydrogen) atoms. The van der Waals surface area contributed by atoms with Gasteiger partial charge in [0.05, 0.1) is 24.7 Å². The molecule has 0 amide bonds. The van der Waals surface area contributed by atoms with E-state index in [4.69, 9.17) is 20.5 Å². The Morgan fingerprint density at radius 3 is 2.62 bits per heavy atom. The van der Waals surface area contributed by atoms with Crippen molar-refractivity contribution < 1.29 is 9.47 Å². The van der Waals surface area contributed by atoms with Crippen molar-refractivity contribution in [2.24, 2.45) is 11.1 Å². The highest BCUT2D eigenvalue weighted by atomic mass is 16.5. The van der Waals surface area contributed by atoms with Gasteiger partial charge in [-0.1, -0.05) is 13.0 Å². The van der Waals surface area contributed by atoms with Crippen molar-refractivity contribution in [2.45, 2.75) is 46.6 Å². The van der Waals surface area contributed by atoms with Crippen LogP contribution in [0.5, 0.6) is 11.5 Å². The lowest BCUT2D eigenvalue weighted by molar-refractivity contribution is 0.277. The topological polar surface area (TPSA) is 68.3 Å². The van der Waals surface area contributed by atoms with Crippen LogP contribution in [0.15, 0.2) is 18.2 Å². The molecule has 2 N–H and O–H groups in total. The van der Waals surface area contributed by atoms with Gasteiger partial charge in [0.1, 0.15) is 11.5 Å². The summed E-state index contributed by atoms with van der Waals surface area (Å²) in [4.78, 5) is 0. The van der Waals surface area contributed by atoms with Gasteiger partial charge in [-0.05, 0) is 39.2 Å². The predicted molar refractivity (Wildman–Crippen MR) is 84.2 cm³/mol. The predicted octanol–water partition coefficient (Wildman–Crippen LogP) is 3.64. The second kappa shape index (κ2) is 8.53. The first-order valence-electron chi connectivity index (χ1n) is 7.52. The van der Waals surface area contributed by atoms with Gasteiger partial charge in [-0.25, -0.2) is 0 Å². The van der Waals surface area contributed by atoms with E-state index < -0.39 is 0 Å². The fraction of sp³-hybridized carbons (Fsp3) is 0.588. The summed E-state index contributed by atoms with van der Waals surface area (Å²) in [6, 6.07) is 8.06. The van der Waals surface area contributed by atoms with Crippen molar-refractivity contribution in [1.29, 1.82) is 5.26 Å². The lowest BCUT2D eigenvalue weighted by atomic mass is 9.90. The van der Waals surface area contributed by atoms with Crippen LogP contribution in [0.1, 0.15) is 45.6 Å². The number of benzene rings is 1. The van der Waals surface area contributed by atoms with Gasteiger partial charge in [0.15, 0.2) is 0 Å². The van der Waals surface area contributed by atoms with Gasteiger partial charge in [0.2, 0.25) is 0 Å². The third-order valence-corrected chi connectivity index (χ3v) is 3.24. The van der Waals surface area contributed by atoms with E-state index >= 15 is 0 Å². The molecule has 0 saturated heterocycles. The Labute approximate surface area is 127 Å². The normalized spacial score (nSPS) is 11.0. The maximum atomic E-state index is 8.99. The maximum absolute atomic E-state index is 8.99. The standard InChI is InChI=1S/C17H26N2O2/c1-4-9-20-15-7-6-14(12-18)16(11-15)21-10-5-8-17(2,3)13-19/h6-7,11H,4-5,8-10,12,18H2,1-3H3. The van der Waals surface area contributed by atoms with Crippen LogP contribution >= 0.6 is 0 Å². The Hall–Kier alpha value is -1.73. The van der Waals surface area contributed by atoms with Crippen LogP contribution < -0.4 is 15.2 Å². The van der Waals surface area contributed by atoms with Crippen LogP contribution in [0.25, 0.3) is 0 Å². The molecule has 0 spiro atoms. The first-order chi connectivity index (χ1) is 10.0. The van der Waals surface area contributed by atoms with E-state index in [2.05, 4.69) is 13.0 Å². The van der Waals surface area contributed by atoms with Crippen LogP contribution in [0.3, 0.4) is 0 Å².